The number of fused-ring (bicyclic) bond motifs is 14. The molecule has 0 saturated carbocycles. The number of para-hydroxylation sites is 2. The first-order valence-corrected chi connectivity index (χ1v) is 32.0. The van der Waals surface area contributed by atoms with Gasteiger partial charge in [-0.25, -0.2) is 4.98 Å². The van der Waals surface area contributed by atoms with Crippen molar-refractivity contribution in [1.82, 2.24) is 14.1 Å². The summed E-state index contributed by atoms with van der Waals surface area (Å²) in [5.41, 5.74) is 12.0. The maximum absolute atomic E-state index is 9.39. The van der Waals surface area contributed by atoms with E-state index < -0.39 is 32.8 Å². The Hall–Kier alpha value is -9.87. The molecule has 0 unspecified atom stereocenters. The molecule has 4 aromatic heterocycles. The minimum absolute atomic E-state index is 0. The Balaban J connectivity index is 0.00000876. The molecule has 0 amide bonds. The molecule has 11 aromatic carbocycles. The Labute approximate surface area is 587 Å². The van der Waals surface area contributed by atoms with Gasteiger partial charge in [0, 0.05) is 71.5 Å². The molecular formula is C88H72N4O2Pt-2. The molecule has 6 nitrogen and oxygen atoms in total. The molecule has 0 bridgehead atoms. The molecule has 0 spiro atoms. The summed E-state index contributed by atoms with van der Waals surface area (Å²) in [6.07, 6.45) is 7.40. The van der Waals surface area contributed by atoms with Crippen LogP contribution < -0.4 is 9.30 Å². The van der Waals surface area contributed by atoms with Crippen molar-refractivity contribution in [2.75, 3.05) is 0 Å². The number of aryl methyl sites for hydroxylation is 4. The number of hydrogen-bond donors (Lipinski definition) is 0. The van der Waals surface area contributed by atoms with Crippen molar-refractivity contribution in [2.24, 2.45) is 0 Å². The van der Waals surface area contributed by atoms with E-state index in [2.05, 4.69) is 132 Å². The third kappa shape index (κ3) is 9.68. The van der Waals surface area contributed by atoms with Crippen LogP contribution in [0.4, 0.5) is 0 Å². The Kier molecular flexibility index (Phi) is 11.2. The van der Waals surface area contributed by atoms with Crippen LogP contribution in [0.25, 0.3) is 139 Å². The van der Waals surface area contributed by atoms with Gasteiger partial charge in [0.15, 0.2) is 0 Å². The van der Waals surface area contributed by atoms with E-state index in [0.717, 1.165) is 101 Å². The van der Waals surface area contributed by atoms with Crippen LogP contribution in [-0.4, -0.2) is 14.1 Å². The van der Waals surface area contributed by atoms with Gasteiger partial charge in [-0.15, -0.1) is 29.7 Å². The molecule has 468 valence electrons. The van der Waals surface area contributed by atoms with E-state index in [9.17, 15) is 8.22 Å². The van der Waals surface area contributed by atoms with Crippen LogP contribution in [0, 0.1) is 45.9 Å². The Bertz CT molecular complexity index is 6130. The van der Waals surface area contributed by atoms with Crippen molar-refractivity contribution in [2.45, 2.75) is 105 Å². The first-order valence-electron chi connectivity index (χ1n) is 38.0. The summed E-state index contributed by atoms with van der Waals surface area (Å²) in [7, 11) is 0. The second-order valence-electron chi connectivity index (χ2n) is 27.7. The zero-order chi connectivity index (χ0) is 74.3. The third-order valence-corrected chi connectivity index (χ3v) is 19.9. The fourth-order valence-electron chi connectivity index (χ4n) is 14.9. The van der Waals surface area contributed by atoms with E-state index in [4.69, 9.17) is 22.4 Å². The van der Waals surface area contributed by atoms with Gasteiger partial charge >= 0.3 is 0 Å². The normalized spacial score (nSPS) is 16.2. The largest absolute Gasteiger partial charge is 0.510 e. The predicted octanol–water partition coefficient (Wildman–Crippen LogP) is 22.7. The van der Waals surface area contributed by atoms with Crippen molar-refractivity contribution in [3.8, 4) is 95.5 Å². The maximum Gasteiger partial charge on any atom is 0.268 e. The number of ether oxygens (including phenoxy) is 1. The Morgan fingerprint density at radius 3 is 1.85 bits per heavy atom. The molecule has 15 aromatic rings. The van der Waals surface area contributed by atoms with Crippen molar-refractivity contribution in [3.63, 3.8) is 0 Å². The maximum atomic E-state index is 9.39. The van der Waals surface area contributed by atoms with E-state index in [1.165, 1.54) is 36.4 Å². The molecule has 1 aliphatic carbocycles. The molecule has 2 aliphatic rings. The van der Waals surface area contributed by atoms with Gasteiger partial charge in [0.1, 0.15) is 17.0 Å². The molecule has 0 radical (unpaired) electrons. The van der Waals surface area contributed by atoms with Gasteiger partial charge < -0.3 is 18.3 Å². The van der Waals surface area contributed by atoms with Gasteiger partial charge in [-0.2, -0.15) is 18.2 Å². The predicted molar refractivity (Wildman–Crippen MR) is 386 cm³/mol. The van der Waals surface area contributed by atoms with Crippen LogP contribution >= 0.6 is 0 Å². The van der Waals surface area contributed by atoms with Crippen LogP contribution in [0.3, 0.4) is 0 Å². The van der Waals surface area contributed by atoms with Crippen molar-refractivity contribution in [3.05, 3.63) is 270 Å². The Morgan fingerprint density at radius 1 is 0.505 bits per heavy atom. The number of hydrogen-bond acceptors (Lipinski definition) is 3. The van der Waals surface area contributed by atoms with Gasteiger partial charge in [-0.1, -0.05) is 169 Å². The number of rotatable bonds is 7. The monoisotopic (exact) mass is 1420 g/mol. The third-order valence-electron chi connectivity index (χ3n) is 19.9. The number of pyridine rings is 1. The summed E-state index contributed by atoms with van der Waals surface area (Å²) in [6.45, 7) is 3.79. The summed E-state index contributed by atoms with van der Waals surface area (Å²) in [4.78, 5) is 4.92. The fourth-order valence-corrected chi connectivity index (χ4v) is 14.9. The first-order chi connectivity index (χ1) is 50.2. The summed E-state index contributed by atoms with van der Waals surface area (Å²) >= 11 is 0. The number of nitrogens with zero attached hydrogens (tertiary/aromatic N) is 4. The number of aromatic nitrogens is 4. The van der Waals surface area contributed by atoms with Crippen LogP contribution in [-0.2, 0) is 37.3 Å². The number of benzene rings is 11. The fraction of sp³-hybridized carbons (Fsp3) is 0.182. The molecule has 1 aliphatic heterocycles. The zero-order valence-electron chi connectivity index (χ0n) is 65.5. The second kappa shape index (κ2) is 22.1. The molecule has 0 fully saturated rings. The van der Waals surface area contributed by atoms with E-state index >= 15 is 0 Å². The van der Waals surface area contributed by atoms with Crippen LogP contribution in [0.5, 0.6) is 11.5 Å². The van der Waals surface area contributed by atoms with Crippen LogP contribution in [0.1, 0.15) is 117 Å². The van der Waals surface area contributed by atoms with Gasteiger partial charge in [0.2, 0.25) is 0 Å². The van der Waals surface area contributed by atoms with Crippen LogP contribution in [0.15, 0.2) is 217 Å². The molecule has 95 heavy (non-hydrogen) atoms. The van der Waals surface area contributed by atoms with Crippen molar-refractivity contribution >= 4 is 54.8 Å². The van der Waals surface area contributed by atoms with E-state index in [1.54, 1.807) is 6.07 Å². The van der Waals surface area contributed by atoms with E-state index in [1.807, 2.05) is 118 Å². The number of imidazole rings is 1. The number of furan rings is 1. The molecular weight excluding hydrogens is 1340 g/mol. The van der Waals surface area contributed by atoms with E-state index in [-0.39, 0.29) is 82.1 Å². The summed E-state index contributed by atoms with van der Waals surface area (Å²) in [5.74, 6) is 1.46. The van der Waals surface area contributed by atoms with Gasteiger partial charge in [-0.3, -0.25) is 4.57 Å². The summed E-state index contributed by atoms with van der Waals surface area (Å²) < 4.78 is 130. The minimum atomic E-state index is -2.97. The van der Waals surface area contributed by atoms with E-state index in [0.29, 0.717) is 50.5 Å². The second-order valence-corrected chi connectivity index (χ2v) is 27.7. The van der Waals surface area contributed by atoms with Gasteiger partial charge in [0.25, 0.3) is 6.33 Å². The Morgan fingerprint density at radius 2 is 1.13 bits per heavy atom. The molecule has 17 rings (SSSR count). The average Bonchev–Trinajstić information content (AvgIpc) is 1.62. The summed E-state index contributed by atoms with van der Waals surface area (Å²) in [5, 5.41) is 3.83. The quantitative estimate of drug-likeness (QED) is 0.118. The zero-order valence-corrected chi connectivity index (χ0v) is 55.8. The van der Waals surface area contributed by atoms with Gasteiger partial charge in [0.05, 0.1) is 16.7 Å². The van der Waals surface area contributed by atoms with Crippen LogP contribution in [0.2, 0.25) is 0 Å². The molecule has 0 atom stereocenters. The standard InChI is InChI=1S/C88H72N4O2.Pt/c1-52-21-18-22-53(2)82(52)58-43-72-69-50-75-74(87(8,9)38-39-88(75,10)11)49-68(69)63-27-12-13-28-64(63)71-42-57(56-33-36-80-70(41-56)67-30-15-17-32-79(67)94-80)45-78-85(71)91(84(72)73(44-58)83-54(3)23-19-24-55(83)4)51-90(78)60-25-20-26-61(47-60)93-62-34-35-66-65-29-14-16-31-76(65)92(77(66)48-62)81-46-59(37-40-89-81)86(5,6)7;/h12-37,40-46,49-50H,38-39H2,1-11H3;/q-2;/i1D3,2D3,3D3,4D3;. The SMILES string of the molecule is [2H]C([2H])([2H])c1cccc(C([2H])([2H])[2H])c1-c1cc2c(c(-c3c(C([2H])([2H])[2H])cccc3C([2H])([2H])[2H])c1)-[n+]1[c-]n(-c3[c-]c(Oc4[c-]c5c(cc4)c4ccccc4n5-c4cc(C(C)(C)C)ccn4)ccc3)c3cc(-c4ccc5oc6ccccc6c5c4)cc(c31)-c1ccccc1-c1cc3c(cc1-2)C(C)(C)CCC3(C)C.[Pt]. The topological polar surface area (TPSA) is 49.0 Å². The molecule has 7 heteroatoms. The van der Waals surface area contributed by atoms with Gasteiger partial charge in [-0.05, 0) is 234 Å². The first kappa shape index (κ1) is 47.9. The minimum Gasteiger partial charge on any atom is -0.510 e. The van der Waals surface area contributed by atoms with Crippen molar-refractivity contribution in [1.29, 1.82) is 0 Å². The molecule has 0 saturated heterocycles. The average molecular weight is 1420 g/mol. The molecule has 5 heterocycles. The smallest absolute Gasteiger partial charge is 0.268 e. The van der Waals surface area contributed by atoms with Crippen molar-refractivity contribution < 1.29 is 51.2 Å². The molecule has 0 N–H and O–H groups in total. The summed E-state index contributed by atoms with van der Waals surface area (Å²) in [6, 6.07) is 72.1.